The fourth-order valence-corrected chi connectivity index (χ4v) is 2.31. The minimum atomic E-state index is 0.506. The molecule has 2 saturated carbocycles. The molecule has 100 valence electrons. The Balaban J connectivity index is 1.91. The number of rotatable bonds is 4. The zero-order valence-electron chi connectivity index (χ0n) is 11.5. The van der Waals surface area contributed by atoms with Gasteiger partial charge in [-0.25, -0.2) is 0 Å². The van der Waals surface area contributed by atoms with Crippen molar-refractivity contribution in [3.63, 3.8) is 0 Å². The van der Waals surface area contributed by atoms with Crippen LogP contribution in [0.5, 0.6) is 0 Å². The van der Waals surface area contributed by atoms with Crippen LogP contribution in [0, 0.1) is 12.8 Å². The second-order valence-electron chi connectivity index (χ2n) is 5.67. The minimum absolute atomic E-state index is 0.506. The second kappa shape index (κ2) is 5.16. The van der Waals surface area contributed by atoms with Crippen LogP contribution in [0.15, 0.2) is 28.9 Å². The van der Waals surface area contributed by atoms with Crippen molar-refractivity contribution in [3.05, 3.63) is 35.3 Å². The highest BCUT2D eigenvalue weighted by Gasteiger charge is 2.27. The average molecular weight is 255 g/mol. The molecule has 0 atom stereocenters. The van der Waals surface area contributed by atoms with Crippen molar-refractivity contribution < 1.29 is 0 Å². The summed E-state index contributed by atoms with van der Waals surface area (Å²) < 4.78 is 0. The van der Waals surface area contributed by atoms with E-state index in [0.717, 1.165) is 22.7 Å². The molecule has 3 heteroatoms. The molecular weight excluding hydrogens is 234 g/mol. The van der Waals surface area contributed by atoms with Gasteiger partial charge in [0.05, 0.1) is 5.69 Å². The maximum absolute atomic E-state index is 6.30. The Labute approximate surface area is 114 Å². The number of allylic oxidation sites excluding steroid dienone is 2. The van der Waals surface area contributed by atoms with Gasteiger partial charge >= 0.3 is 0 Å². The molecule has 2 aliphatic rings. The summed E-state index contributed by atoms with van der Waals surface area (Å²) in [5.74, 6) is 0.546. The van der Waals surface area contributed by atoms with Gasteiger partial charge in [0.15, 0.2) is 0 Å². The van der Waals surface area contributed by atoms with Crippen LogP contribution in [-0.2, 0) is 0 Å². The molecule has 0 bridgehead atoms. The molecule has 1 aromatic rings. The van der Waals surface area contributed by atoms with Crippen molar-refractivity contribution in [1.29, 1.82) is 0 Å². The summed E-state index contributed by atoms with van der Waals surface area (Å²) in [4.78, 5) is 9.26. The Hall–Kier alpha value is -1.64. The van der Waals surface area contributed by atoms with Gasteiger partial charge < -0.3 is 5.73 Å². The third-order valence-electron chi connectivity index (χ3n) is 3.98. The van der Waals surface area contributed by atoms with Gasteiger partial charge in [-0.3, -0.25) is 9.98 Å². The van der Waals surface area contributed by atoms with E-state index in [4.69, 9.17) is 5.73 Å². The molecule has 0 aliphatic heterocycles. The quantitative estimate of drug-likeness (QED) is 0.840. The zero-order valence-corrected chi connectivity index (χ0v) is 11.5. The van der Waals surface area contributed by atoms with Crippen LogP contribution in [0.2, 0.25) is 0 Å². The van der Waals surface area contributed by atoms with E-state index in [9.17, 15) is 0 Å². The van der Waals surface area contributed by atoms with Gasteiger partial charge in [-0.15, -0.1) is 0 Å². The fraction of sp³-hybridized carbons (Fsp3) is 0.500. The van der Waals surface area contributed by atoms with E-state index in [-0.39, 0.29) is 0 Å². The molecule has 0 spiro atoms. The summed E-state index contributed by atoms with van der Waals surface area (Å²) in [5, 5.41) is 0. The lowest BCUT2D eigenvalue weighted by Gasteiger charge is -2.20. The van der Waals surface area contributed by atoms with E-state index in [2.05, 4.69) is 9.98 Å². The van der Waals surface area contributed by atoms with Crippen molar-refractivity contribution >= 4 is 11.8 Å². The maximum atomic E-state index is 6.30. The molecule has 3 nitrogen and oxygen atoms in total. The Kier molecular flexibility index (Phi) is 3.36. The largest absolute Gasteiger partial charge is 0.401 e. The average Bonchev–Trinajstić information content (AvgIpc) is 3.15. The first-order chi connectivity index (χ1) is 9.24. The normalized spacial score (nSPS) is 21.3. The molecule has 1 heterocycles. The Bertz CT molecular complexity index is 523. The predicted molar refractivity (Wildman–Crippen MR) is 78.9 cm³/mol. The van der Waals surface area contributed by atoms with Gasteiger partial charge in [0.2, 0.25) is 0 Å². The topological polar surface area (TPSA) is 51.3 Å². The van der Waals surface area contributed by atoms with Crippen LogP contribution in [-0.4, -0.2) is 17.2 Å². The van der Waals surface area contributed by atoms with E-state index in [1.54, 1.807) is 0 Å². The van der Waals surface area contributed by atoms with Gasteiger partial charge in [-0.2, -0.15) is 0 Å². The first-order valence-electron chi connectivity index (χ1n) is 7.21. The Morgan fingerprint density at radius 2 is 2.11 bits per heavy atom. The minimum Gasteiger partial charge on any atom is -0.401 e. The highest BCUT2D eigenvalue weighted by Crippen LogP contribution is 2.37. The number of pyridine rings is 1. The molecule has 1 aromatic heterocycles. The Morgan fingerprint density at radius 3 is 2.68 bits per heavy atom. The number of aliphatic imine (C=N–C) groups is 1. The molecule has 2 fully saturated rings. The molecule has 0 unspecified atom stereocenters. The van der Waals surface area contributed by atoms with E-state index in [1.165, 1.54) is 32.1 Å². The molecule has 3 rings (SSSR count). The van der Waals surface area contributed by atoms with Gasteiger partial charge in [0.1, 0.15) is 0 Å². The van der Waals surface area contributed by atoms with Gasteiger partial charge in [0, 0.05) is 29.2 Å². The van der Waals surface area contributed by atoms with Crippen LogP contribution in [0.25, 0.3) is 5.57 Å². The van der Waals surface area contributed by atoms with E-state index >= 15 is 0 Å². The molecule has 19 heavy (non-hydrogen) atoms. The zero-order chi connectivity index (χ0) is 13.2. The molecule has 2 aliphatic carbocycles. The first kappa shape index (κ1) is 12.4. The SMILES string of the molecule is Cc1cccc(C(C=NC2CCC2)=C(N)C2CC2)n1. The standard InChI is InChI=1S/C16H21N3/c1-11-4-2-7-15(19-11)14(16(17)12-8-9-12)10-18-13-5-3-6-13/h2,4,7,10,12-13H,3,5-6,8-9,17H2,1H3. The summed E-state index contributed by atoms with van der Waals surface area (Å²) in [5.41, 5.74) is 10.3. The summed E-state index contributed by atoms with van der Waals surface area (Å²) in [6.07, 6.45) is 8.13. The van der Waals surface area contributed by atoms with Crippen molar-refractivity contribution in [3.8, 4) is 0 Å². The second-order valence-corrected chi connectivity index (χ2v) is 5.67. The molecule has 0 saturated heterocycles. The fourth-order valence-electron chi connectivity index (χ4n) is 2.31. The third kappa shape index (κ3) is 2.86. The van der Waals surface area contributed by atoms with Crippen LogP contribution in [0.4, 0.5) is 0 Å². The third-order valence-corrected chi connectivity index (χ3v) is 3.98. The molecule has 0 radical (unpaired) electrons. The predicted octanol–water partition coefficient (Wildman–Crippen LogP) is 3.09. The van der Waals surface area contributed by atoms with Crippen LogP contribution < -0.4 is 5.73 Å². The monoisotopic (exact) mass is 255 g/mol. The number of aryl methyl sites for hydroxylation is 1. The van der Waals surface area contributed by atoms with Crippen LogP contribution in [0.1, 0.15) is 43.5 Å². The summed E-state index contributed by atoms with van der Waals surface area (Å²) in [6, 6.07) is 6.59. The molecule has 0 aromatic carbocycles. The van der Waals surface area contributed by atoms with Crippen molar-refractivity contribution in [2.45, 2.75) is 45.1 Å². The number of hydrogen-bond donors (Lipinski definition) is 1. The lowest BCUT2D eigenvalue weighted by Crippen LogP contribution is -2.15. The molecular formula is C16H21N3. The Morgan fingerprint density at radius 1 is 1.32 bits per heavy atom. The lowest BCUT2D eigenvalue weighted by atomic mass is 9.94. The lowest BCUT2D eigenvalue weighted by molar-refractivity contribution is 0.421. The number of hydrogen-bond acceptors (Lipinski definition) is 3. The van der Waals surface area contributed by atoms with Crippen LogP contribution in [0.3, 0.4) is 0 Å². The first-order valence-corrected chi connectivity index (χ1v) is 7.21. The van der Waals surface area contributed by atoms with Crippen molar-refractivity contribution in [2.75, 3.05) is 0 Å². The van der Waals surface area contributed by atoms with Gasteiger partial charge in [0.25, 0.3) is 0 Å². The van der Waals surface area contributed by atoms with E-state index in [0.29, 0.717) is 12.0 Å². The summed E-state index contributed by atoms with van der Waals surface area (Å²) in [6.45, 7) is 2.01. The summed E-state index contributed by atoms with van der Waals surface area (Å²) in [7, 11) is 0. The van der Waals surface area contributed by atoms with Crippen molar-refractivity contribution in [1.82, 2.24) is 4.98 Å². The molecule has 0 amide bonds. The smallest absolute Gasteiger partial charge is 0.0737 e. The van der Waals surface area contributed by atoms with E-state index < -0.39 is 0 Å². The highest BCUT2D eigenvalue weighted by atomic mass is 14.8. The highest BCUT2D eigenvalue weighted by molar-refractivity contribution is 6.10. The maximum Gasteiger partial charge on any atom is 0.0737 e. The van der Waals surface area contributed by atoms with Crippen LogP contribution >= 0.6 is 0 Å². The number of nitrogens with zero attached hydrogens (tertiary/aromatic N) is 2. The number of aromatic nitrogens is 1. The van der Waals surface area contributed by atoms with Crippen molar-refractivity contribution in [2.24, 2.45) is 16.6 Å². The number of nitrogens with two attached hydrogens (primary N) is 1. The summed E-state index contributed by atoms with van der Waals surface area (Å²) >= 11 is 0. The van der Waals surface area contributed by atoms with Gasteiger partial charge in [-0.1, -0.05) is 6.07 Å². The van der Waals surface area contributed by atoms with Gasteiger partial charge in [-0.05, 0) is 57.1 Å². The van der Waals surface area contributed by atoms with E-state index in [1.807, 2.05) is 31.3 Å². The molecule has 2 N–H and O–H groups in total.